The summed E-state index contributed by atoms with van der Waals surface area (Å²) in [5, 5.41) is 3.58. The Bertz CT molecular complexity index is 460. The van der Waals surface area contributed by atoms with Gasteiger partial charge in [-0.25, -0.2) is 9.97 Å². The maximum absolute atomic E-state index is 5.43. The van der Waals surface area contributed by atoms with E-state index >= 15 is 0 Å². The number of aromatic nitrogens is 2. The van der Waals surface area contributed by atoms with Crippen LogP contribution in [0.2, 0.25) is 0 Å². The zero-order chi connectivity index (χ0) is 15.2. The van der Waals surface area contributed by atoms with Crippen LogP contribution in [0.25, 0.3) is 0 Å². The first kappa shape index (κ1) is 16.4. The molecule has 118 valence electrons. The summed E-state index contributed by atoms with van der Waals surface area (Å²) in [5.41, 5.74) is 3.76. The fourth-order valence-electron chi connectivity index (χ4n) is 2.93. The molecule has 1 N–H and O–H groups in total. The normalized spacial score (nSPS) is 18.0. The molecule has 0 saturated heterocycles. The van der Waals surface area contributed by atoms with Gasteiger partial charge >= 0.3 is 0 Å². The van der Waals surface area contributed by atoms with Gasteiger partial charge in [-0.2, -0.15) is 0 Å². The van der Waals surface area contributed by atoms with Gasteiger partial charge in [0.05, 0.1) is 0 Å². The minimum absolute atomic E-state index is 0.532. The summed E-state index contributed by atoms with van der Waals surface area (Å²) in [4.78, 5) is 9.31. The summed E-state index contributed by atoms with van der Waals surface area (Å²) in [6.45, 7) is 12.1. The van der Waals surface area contributed by atoms with E-state index in [1.165, 1.54) is 17.7 Å². The molecule has 1 atom stereocenters. The van der Waals surface area contributed by atoms with Crippen LogP contribution in [0.15, 0.2) is 0 Å². The van der Waals surface area contributed by atoms with E-state index in [0.29, 0.717) is 19.1 Å². The molecule has 2 rings (SSSR count). The third-order valence-electron chi connectivity index (χ3n) is 4.05. The topological polar surface area (TPSA) is 47.0 Å². The number of rotatable bonds is 7. The molecule has 0 fully saturated rings. The first-order valence-electron chi connectivity index (χ1n) is 8.23. The van der Waals surface area contributed by atoms with E-state index < -0.39 is 0 Å². The molecule has 0 bridgehead atoms. The quantitative estimate of drug-likeness (QED) is 0.839. The largest absolute Gasteiger partial charge is 0.374 e. The fraction of sp³-hybridized carbons (Fsp3) is 0.765. The van der Waals surface area contributed by atoms with Crippen LogP contribution >= 0.6 is 0 Å². The van der Waals surface area contributed by atoms with Crippen molar-refractivity contribution in [3.63, 3.8) is 0 Å². The summed E-state index contributed by atoms with van der Waals surface area (Å²) in [7, 11) is 0. The smallest absolute Gasteiger partial charge is 0.154 e. The van der Waals surface area contributed by atoms with Crippen LogP contribution in [0.1, 0.15) is 50.0 Å². The Labute approximate surface area is 128 Å². The van der Waals surface area contributed by atoms with Crippen molar-refractivity contribution in [3.8, 4) is 0 Å². The zero-order valence-electron chi connectivity index (χ0n) is 13.9. The van der Waals surface area contributed by atoms with Gasteiger partial charge < -0.3 is 10.1 Å². The van der Waals surface area contributed by atoms with Crippen molar-refractivity contribution in [1.82, 2.24) is 15.3 Å². The van der Waals surface area contributed by atoms with Crippen molar-refractivity contribution in [1.29, 1.82) is 0 Å². The highest BCUT2D eigenvalue weighted by molar-refractivity contribution is 5.28. The monoisotopic (exact) mass is 291 g/mol. The van der Waals surface area contributed by atoms with Crippen molar-refractivity contribution >= 4 is 0 Å². The van der Waals surface area contributed by atoms with Crippen molar-refractivity contribution in [2.24, 2.45) is 11.8 Å². The summed E-state index contributed by atoms with van der Waals surface area (Å²) >= 11 is 0. The molecule has 0 aromatic carbocycles. The summed E-state index contributed by atoms with van der Waals surface area (Å²) in [6.07, 6.45) is 3.41. The number of nitrogens with one attached hydrogen (secondary N) is 1. The summed E-state index contributed by atoms with van der Waals surface area (Å²) in [6, 6.07) is 0. The Hall–Kier alpha value is -1.00. The van der Waals surface area contributed by atoms with E-state index in [1.54, 1.807) is 0 Å². The Morgan fingerprint density at radius 3 is 2.86 bits per heavy atom. The Balaban J connectivity index is 1.97. The molecule has 1 heterocycles. The first-order chi connectivity index (χ1) is 10.1. The summed E-state index contributed by atoms with van der Waals surface area (Å²) in [5.74, 6) is 2.27. The second kappa shape index (κ2) is 7.85. The molecule has 1 aromatic heterocycles. The standard InChI is InChI=1S/C17H29N3O/c1-5-21-11-17-19-13(4)15-8-14(6-7-16(15)20-17)10-18-9-12(2)3/h12,14,18H,5-11H2,1-4H3. The molecule has 0 amide bonds. The Morgan fingerprint density at radius 1 is 1.33 bits per heavy atom. The number of hydrogen-bond acceptors (Lipinski definition) is 4. The van der Waals surface area contributed by atoms with E-state index in [2.05, 4.69) is 31.1 Å². The van der Waals surface area contributed by atoms with Crippen molar-refractivity contribution in [2.45, 2.75) is 53.6 Å². The highest BCUT2D eigenvalue weighted by Gasteiger charge is 2.22. The van der Waals surface area contributed by atoms with Gasteiger partial charge in [0.1, 0.15) is 6.61 Å². The molecule has 0 radical (unpaired) electrons. The van der Waals surface area contributed by atoms with Crippen LogP contribution in [-0.2, 0) is 24.2 Å². The molecule has 0 aliphatic heterocycles. The lowest BCUT2D eigenvalue weighted by molar-refractivity contribution is 0.128. The Morgan fingerprint density at radius 2 is 2.14 bits per heavy atom. The van der Waals surface area contributed by atoms with Gasteiger partial charge in [0.2, 0.25) is 0 Å². The second-order valence-corrected chi connectivity index (χ2v) is 6.45. The SMILES string of the molecule is CCOCc1nc(C)c2c(n1)CCC(CNCC(C)C)C2. The van der Waals surface area contributed by atoms with Gasteiger partial charge in [-0.1, -0.05) is 13.8 Å². The lowest BCUT2D eigenvalue weighted by atomic mass is 9.85. The van der Waals surface area contributed by atoms with Crippen LogP contribution in [0, 0.1) is 18.8 Å². The van der Waals surface area contributed by atoms with Crippen molar-refractivity contribution in [3.05, 3.63) is 22.8 Å². The number of fused-ring (bicyclic) bond motifs is 1. The molecule has 21 heavy (non-hydrogen) atoms. The molecular formula is C17H29N3O. The molecule has 1 aliphatic rings. The third kappa shape index (κ3) is 4.75. The van der Waals surface area contributed by atoms with E-state index in [4.69, 9.17) is 9.72 Å². The molecule has 1 unspecified atom stereocenters. The first-order valence-corrected chi connectivity index (χ1v) is 8.23. The van der Waals surface area contributed by atoms with Crippen LogP contribution in [0.3, 0.4) is 0 Å². The number of ether oxygens (including phenoxy) is 1. The van der Waals surface area contributed by atoms with E-state index in [1.807, 2.05) is 6.92 Å². The minimum Gasteiger partial charge on any atom is -0.374 e. The Kier molecular flexibility index (Phi) is 6.12. The van der Waals surface area contributed by atoms with Crippen LogP contribution in [0.4, 0.5) is 0 Å². The minimum atomic E-state index is 0.532. The predicted octanol–water partition coefficient (Wildman–Crippen LogP) is 2.67. The van der Waals surface area contributed by atoms with Gasteiger partial charge in [0, 0.05) is 18.0 Å². The average molecular weight is 291 g/mol. The van der Waals surface area contributed by atoms with Gasteiger partial charge in [-0.3, -0.25) is 0 Å². The third-order valence-corrected chi connectivity index (χ3v) is 4.05. The number of nitrogens with zero attached hydrogens (tertiary/aromatic N) is 2. The predicted molar refractivity (Wildman–Crippen MR) is 85.3 cm³/mol. The van der Waals surface area contributed by atoms with E-state index in [0.717, 1.165) is 43.4 Å². The highest BCUT2D eigenvalue weighted by Crippen LogP contribution is 2.26. The number of hydrogen-bond donors (Lipinski definition) is 1. The number of aryl methyl sites for hydroxylation is 2. The summed E-state index contributed by atoms with van der Waals surface area (Å²) < 4.78 is 5.43. The molecule has 0 saturated carbocycles. The highest BCUT2D eigenvalue weighted by atomic mass is 16.5. The van der Waals surface area contributed by atoms with E-state index in [9.17, 15) is 0 Å². The molecule has 1 aliphatic carbocycles. The molecule has 0 spiro atoms. The van der Waals surface area contributed by atoms with Crippen LogP contribution < -0.4 is 5.32 Å². The second-order valence-electron chi connectivity index (χ2n) is 6.45. The van der Waals surface area contributed by atoms with Crippen molar-refractivity contribution in [2.75, 3.05) is 19.7 Å². The lowest BCUT2D eigenvalue weighted by Crippen LogP contribution is -2.30. The molecule has 1 aromatic rings. The zero-order valence-corrected chi connectivity index (χ0v) is 13.9. The molecule has 4 nitrogen and oxygen atoms in total. The van der Waals surface area contributed by atoms with Gasteiger partial charge in [-0.15, -0.1) is 0 Å². The maximum Gasteiger partial charge on any atom is 0.154 e. The lowest BCUT2D eigenvalue weighted by Gasteiger charge is -2.26. The van der Waals surface area contributed by atoms with Crippen LogP contribution in [-0.4, -0.2) is 29.7 Å². The fourth-order valence-corrected chi connectivity index (χ4v) is 2.93. The van der Waals surface area contributed by atoms with Gasteiger partial charge in [-0.05, 0) is 63.6 Å². The van der Waals surface area contributed by atoms with Gasteiger partial charge in [0.15, 0.2) is 5.82 Å². The average Bonchev–Trinajstić information content (AvgIpc) is 2.45. The molecule has 4 heteroatoms. The van der Waals surface area contributed by atoms with Crippen LogP contribution in [0.5, 0.6) is 0 Å². The molecular weight excluding hydrogens is 262 g/mol. The van der Waals surface area contributed by atoms with E-state index in [-0.39, 0.29) is 0 Å². The van der Waals surface area contributed by atoms with Crippen molar-refractivity contribution < 1.29 is 4.74 Å². The maximum atomic E-state index is 5.43. The van der Waals surface area contributed by atoms with Gasteiger partial charge in [0.25, 0.3) is 0 Å².